The molecular weight excluding hydrogens is 289 g/mol. The van der Waals surface area contributed by atoms with E-state index in [2.05, 4.69) is 4.98 Å². The molecule has 116 valence electrons. The maximum atomic E-state index is 13.3. The number of pyridine rings is 1. The third-order valence-corrected chi connectivity index (χ3v) is 3.73. The van der Waals surface area contributed by atoms with E-state index in [0.29, 0.717) is 5.56 Å². The van der Waals surface area contributed by atoms with Crippen LogP contribution in [0.15, 0.2) is 54.6 Å². The second kappa shape index (κ2) is 6.58. The number of anilines is 1. The van der Waals surface area contributed by atoms with Crippen molar-refractivity contribution in [3.05, 3.63) is 71.4 Å². The van der Waals surface area contributed by atoms with Crippen molar-refractivity contribution in [3.63, 3.8) is 0 Å². The first-order valence-electron chi connectivity index (χ1n) is 7.38. The summed E-state index contributed by atoms with van der Waals surface area (Å²) in [4.78, 5) is 4.58. The van der Waals surface area contributed by atoms with Crippen molar-refractivity contribution < 1.29 is 4.39 Å². The summed E-state index contributed by atoms with van der Waals surface area (Å²) in [5.41, 5.74) is 4.00. The third-order valence-electron chi connectivity index (χ3n) is 3.73. The summed E-state index contributed by atoms with van der Waals surface area (Å²) in [6, 6.07) is 17.4. The molecule has 0 amide bonds. The average Bonchev–Trinajstić information content (AvgIpc) is 2.59. The van der Waals surface area contributed by atoms with E-state index in [9.17, 15) is 4.39 Å². The van der Waals surface area contributed by atoms with Crippen LogP contribution >= 0.6 is 0 Å². The highest BCUT2D eigenvalue weighted by atomic mass is 19.1. The predicted molar refractivity (Wildman–Crippen MR) is 94.5 cm³/mol. The standard InChI is InChI=1S/C19H18FN3/c1-23(21)18-11-8-14(16(12-18)13-20)6-9-17-10-7-15-4-2-3-5-19(15)22-17/h2-12H,13,21H2,1H3/b9-6+. The van der Waals surface area contributed by atoms with Gasteiger partial charge >= 0.3 is 0 Å². The number of hydrogen-bond acceptors (Lipinski definition) is 3. The minimum atomic E-state index is -0.535. The number of fused-ring (bicyclic) bond motifs is 1. The van der Waals surface area contributed by atoms with Crippen LogP contribution in [0.3, 0.4) is 0 Å². The molecule has 0 fully saturated rings. The zero-order chi connectivity index (χ0) is 16.2. The zero-order valence-corrected chi connectivity index (χ0v) is 12.9. The molecular formula is C19H18FN3. The predicted octanol–water partition coefficient (Wildman–Crippen LogP) is 4.18. The number of halogens is 1. The van der Waals surface area contributed by atoms with Crippen LogP contribution in [-0.2, 0) is 6.67 Å². The van der Waals surface area contributed by atoms with Crippen molar-refractivity contribution in [1.29, 1.82) is 0 Å². The van der Waals surface area contributed by atoms with Crippen molar-refractivity contribution in [2.24, 2.45) is 5.84 Å². The molecule has 23 heavy (non-hydrogen) atoms. The summed E-state index contributed by atoms with van der Waals surface area (Å²) < 4.78 is 13.3. The van der Waals surface area contributed by atoms with Crippen molar-refractivity contribution >= 4 is 28.7 Å². The van der Waals surface area contributed by atoms with Gasteiger partial charge in [-0.1, -0.05) is 36.4 Å². The molecule has 0 atom stereocenters. The van der Waals surface area contributed by atoms with E-state index < -0.39 is 6.67 Å². The Morgan fingerprint density at radius 2 is 1.91 bits per heavy atom. The molecule has 1 aromatic heterocycles. The fourth-order valence-corrected chi connectivity index (χ4v) is 2.44. The molecule has 0 bridgehead atoms. The van der Waals surface area contributed by atoms with Gasteiger partial charge in [-0.2, -0.15) is 0 Å². The smallest absolute Gasteiger partial charge is 0.115 e. The number of rotatable bonds is 4. The Balaban J connectivity index is 1.91. The molecule has 3 rings (SSSR count). The van der Waals surface area contributed by atoms with Crippen LogP contribution < -0.4 is 10.9 Å². The van der Waals surface area contributed by atoms with Gasteiger partial charge in [0.25, 0.3) is 0 Å². The number of para-hydroxylation sites is 1. The van der Waals surface area contributed by atoms with Gasteiger partial charge in [-0.15, -0.1) is 0 Å². The Hall–Kier alpha value is -2.72. The first kappa shape index (κ1) is 15.2. The molecule has 2 aromatic carbocycles. The maximum absolute atomic E-state index is 13.3. The van der Waals surface area contributed by atoms with Crippen molar-refractivity contribution in [2.45, 2.75) is 6.67 Å². The number of nitrogens with zero attached hydrogens (tertiary/aromatic N) is 2. The van der Waals surface area contributed by atoms with Crippen molar-refractivity contribution in [1.82, 2.24) is 4.98 Å². The van der Waals surface area contributed by atoms with Gasteiger partial charge in [-0.3, -0.25) is 0 Å². The van der Waals surface area contributed by atoms with Gasteiger partial charge in [0.1, 0.15) is 6.67 Å². The molecule has 0 aliphatic carbocycles. The number of benzene rings is 2. The highest BCUT2D eigenvalue weighted by Gasteiger charge is 2.03. The molecule has 1 heterocycles. The van der Waals surface area contributed by atoms with E-state index in [4.69, 9.17) is 5.84 Å². The van der Waals surface area contributed by atoms with Crippen LogP contribution in [-0.4, -0.2) is 12.0 Å². The third kappa shape index (κ3) is 3.38. The fraction of sp³-hybridized carbons (Fsp3) is 0.105. The van der Waals surface area contributed by atoms with E-state index in [1.165, 1.54) is 5.01 Å². The highest BCUT2D eigenvalue weighted by Crippen LogP contribution is 2.21. The molecule has 0 aliphatic heterocycles. The molecule has 0 radical (unpaired) electrons. The lowest BCUT2D eigenvalue weighted by molar-refractivity contribution is 0.485. The normalized spacial score (nSPS) is 11.3. The first-order chi connectivity index (χ1) is 11.2. The second-order valence-corrected chi connectivity index (χ2v) is 5.39. The SMILES string of the molecule is CN(N)c1ccc(/C=C/c2ccc3ccccc3n2)c(CF)c1. The van der Waals surface area contributed by atoms with Gasteiger partial charge in [0.05, 0.1) is 16.9 Å². The monoisotopic (exact) mass is 307 g/mol. The molecule has 0 saturated heterocycles. The van der Waals surface area contributed by atoms with Gasteiger partial charge in [0.2, 0.25) is 0 Å². The second-order valence-electron chi connectivity index (χ2n) is 5.39. The topological polar surface area (TPSA) is 42.1 Å². The molecule has 0 unspecified atom stereocenters. The lowest BCUT2D eigenvalue weighted by Crippen LogP contribution is -2.25. The lowest BCUT2D eigenvalue weighted by Gasteiger charge is -2.13. The van der Waals surface area contributed by atoms with E-state index in [1.807, 2.05) is 60.7 Å². The number of hydrogen-bond donors (Lipinski definition) is 1. The lowest BCUT2D eigenvalue weighted by atomic mass is 10.1. The number of nitrogens with two attached hydrogens (primary N) is 1. The van der Waals surface area contributed by atoms with Gasteiger partial charge in [0, 0.05) is 12.4 Å². The molecule has 4 heteroatoms. The largest absolute Gasteiger partial charge is 0.314 e. The summed E-state index contributed by atoms with van der Waals surface area (Å²) in [5, 5.41) is 2.57. The summed E-state index contributed by atoms with van der Waals surface area (Å²) >= 11 is 0. The van der Waals surface area contributed by atoms with E-state index in [0.717, 1.165) is 27.8 Å². The Morgan fingerprint density at radius 1 is 1.09 bits per heavy atom. The van der Waals surface area contributed by atoms with Crippen LogP contribution in [0.4, 0.5) is 10.1 Å². The van der Waals surface area contributed by atoms with Crippen LogP contribution in [0.25, 0.3) is 23.1 Å². The Kier molecular flexibility index (Phi) is 4.35. The van der Waals surface area contributed by atoms with Gasteiger partial charge in [-0.05, 0) is 41.5 Å². The number of aromatic nitrogens is 1. The van der Waals surface area contributed by atoms with Gasteiger partial charge in [-0.25, -0.2) is 15.2 Å². The average molecular weight is 307 g/mol. The van der Waals surface area contributed by atoms with Crippen LogP contribution in [0.5, 0.6) is 0 Å². The summed E-state index contributed by atoms with van der Waals surface area (Å²) in [6.07, 6.45) is 3.78. The van der Waals surface area contributed by atoms with Gasteiger partial charge in [0.15, 0.2) is 0 Å². The van der Waals surface area contributed by atoms with E-state index in [1.54, 1.807) is 13.1 Å². The van der Waals surface area contributed by atoms with Gasteiger partial charge < -0.3 is 5.01 Å². The molecule has 3 nitrogen and oxygen atoms in total. The fourth-order valence-electron chi connectivity index (χ4n) is 2.44. The summed E-state index contributed by atoms with van der Waals surface area (Å²) in [5.74, 6) is 5.69. The number of hydrazine groups is 1. The minimum absolute atomic E-state index is 0.535. The van der Waals surface area contributed by atoms with Crippen LogP contribution in [0, 0.1) is 0 Å². The first-order valence-corrected chi connectivity index (χ1v) is 7.38. The van der Waals surface area contributed by atoms with Crippen LogP contribution in [0.1, 0.15) is 16.8 Å². The van der Waals surface area contributed by atoms with Crippen molar-refractivity contribution in [2.75, 3.05) is 12.1 Å². The van der Waals surface area contributed by atoms with E-state index in [-0.39, 0.29) is 0 Å². The minimum Gasteiger partial charge on any atom is -0.314 e. The highest BCUT2D eigenvalue weighted by molar-refractivity contribution is 5.81. The molecule has 2 N–H and O–H groups in total. The Bertz CT molecular complexity index is 856. The molecule has 3 aromatic rings. The summed E-state index contributed by atoms with van der Waals surface area (Å²) in [6.45, 7) is -0.535. The van der Waals surface area contributed by atoms with E-state index >= 15 is 0 Å². The summed E-state index contributed by atoms with van der Waals surface area (Å²) in [7, 11) is 1.73. The van der Waals surface area contributed by atoms with Crippen molar-refractivity contribution in [3.8, 4) is 0 Å². The molecule has 0 aliphatic rings. The number of alkyl halides is 1. The Labute approximate surface area is 134 Å². The maximum Gasteiger partial charge on any atom is 0.115 e. The molecule has 0 spiro atoms. The van der Waals surface area contributed by atoms with Crippen LogP contribution in [0.2, 0.25) is 0 Å². The molecule has 0 saturated carbocycles. The Morgan fingerprint density at radius 3 is 2.70 bits per heavy atom. The quantitative estimate of drug-likeness (QED) is 0.580. The zero-order valence-electron chi connectivity index (χ0n) is 12.9.